The summed E-state index contributed by atoms with van der Waals surface area (Å²) in [6.07, 6.45) is 2.72. The second kappa shape index (κ2) is 4.44. The van der Waals surface area contributed by atoms with Gasteiger partial charge in [-0.2, -0.15) is 0 Å². The molecule has 2 fully saturated rings. The third-order valence-electron chi connectivity index (χ3n) is 3.53. The highest BCUT2D eigenvalue weighted by molar-refractivity contribution is 5.98. The fourth-order valence-corrected chi connectivity index (χ4v) is 2.49. The molecular formula is C11H15NO5. The van der Waals surface area contributed by atoms with Gasteiger partial charge in [-0.3, -0.25) is 19.3 Å². The van der Waals surface area contributed by atoms with Crippen LogP contribution in [0, 0.1) is 5.41 Å². The molecule has 0 bridgehead atoms. The summed E-state index contributed by atoms with van der Waals surface area (Å²) in [6.45, 7) is -0.285. The SMILES string of the molecule is O=C1COCC(=O)N1CC1(C(=O)O)CCCC1. The average molecular weight is 241 g/mol. The smallest absolute Gasteiger partial charge is 0.311 e. The second-order valence-electron chi connectivity index (χ2n) is 4.66. The number of rotatable bonds is 3. The van der Waals surface area contributed by atoms with E-state index in [0.717, 1.165) is 17.7 Å². The van der Waals surface area contributed by atoms with Gasteiger partial charge in [-0.25, -0.2) is 0 Å². The maximum atomic E-state index is 11.5. The van der Waals surface area contributed by atoms with E-state index in [1.807, 2.05) is 0 Å². The molecule has 0 aromatic heterocycles. The Morgan fingerprint density at radius 3 is 2.24 bits per heavy atom. The summed E-state index contributed by atoms with van der Waals surface area (Å²) in [5.74, 6) is -1.79. The fourth-order valence-electron chi connectivity index (χ4n) is 2.49. The van der Waals surface area contributed by atoms with Crippen LogP contribution in [0.2, 0.25) is 0 Å². The number of nitrogens with zero attached hydrogens (tertiary/aromatic N) is 1. The molecule has 1 saturated heterocycles. The maximum Gasteiger partial charge on any atom is 0.311 e. The third-order valence-corrected chi connectivity index (χ3v) is 3.53. The molecule has 6 nitrogen and oxygen atoms in total. The zero-order valence-electron chi connectivity index (χ0n) is 9.48. The van der Waals surface area contributed by atoms with Gasteiger partial charge in [0.2, 0.25) is 0 Å². The number of amides is 2. The minimum Gasteiger partial charge on any atom is -0.481 e. The lowest BCUT2D eigenvalue weighted by molar-refractivity contribution is -0.163. The fraction of sp³-hybridized carbons (Fsp3) is 0.727. The monoisotopic (exact) mass is 241 g/mol. The highest BCUT2D eigenvalue weighted by Gasteiger charge is 2.45. The zero-order chi connectivity index (χ0) is 12.5. The second-order valence-corrected chi connectivity index (χ2v) is 4.66. The topological polar surface area (TPSA) is 83.9 Å². The van der Waals surface area contributed by atoms with Gasteiger partial charge in [0.05, 0.1) is 5.41 Å². The number of imide groups is 1. The number of carboxylic acids is 1. The Morgan fingerprint density at radius 2 is 1.76 bits per heavy atom. The molecule has 2 rings (SSSR count). The van der Waals surface area contributed by atoms with Gasteiger partial charge in [0, 0.05) is 6.54 Å². The molecule has 94 valence electrons. The van der Waals surface area contributed by atoms with E-state index in [9.17, 15) is 19.5 Å². The van der Waals surface area contributed by atoms with Crippen molar-refractivity contribution in [3.63, 3.8) is 0 Å². The number of carboxylic acid groups (broad SMARTS) is 1. The normalized spacial score (nSPS) is 24.1. The van der Waals surface area contributed by atoms with Crippen LogP contribution < -0.4 is 0 Å². The number of carbonyl (C=O) groups is 3. The zero-order valence-corrected chi connectivity index (χ0v) is 9.48. The Morgan fingerprint density at radius 1 is 1.24 bits per heavy atom. The van der Waals surface area contributed by atoms with Gasteiger partial charge in [-0.05, 0) is 12.8 Å². The summed E-state index contributed by atoms with van der Waals surface area (Å²) in [5.41, 5.74) is -0.942. The summed E-state index contributed by atoms with van der Waals surface area (Å²) >= 11 is 0. The number of hydrogen-bond donors (Lipinski definition) is 1. The van der Waals surface area contributed by atoms with E-state index in [2.05, 4.69) is 0 Å². The lowest BCUT2D eigenvalue weighted by Crippen LogP contribution is -2.52. The number of hydrogen-bond acceptors (Lipinski definition) is 4. The minimum absolute atomic E-state index is 0.0106. The van der Waals surface area contributed by atoms with Crippen LogP contribution in [0.5, 0.6) is 0 Å². The molecule has 0 unspecified atom stereocenters. The molecule has 6 heteroatoms. The molecule has 1 aliphatic heterocycles. The summed E-state index contributed by atoms with van der Waals surface area (Å²) in [6, 6.07) is 0. The summed E-state index contributed by atoms with van der Waals surface area (Å²) < 4.78 is 4.79. The van der Waals surface area contributed by atoms with E-state index in [4.69, 9.17) is 4.74 Å². The van der Waals surface area contributed by atoms with Gasteiger partial charge in [0.15, 0.2) is 0 Å². The lowest BCUT2D eigenvalue weighted by Gasteiger charge is -2.32. The lowest BCUT2D eigenvalue weighted by atomic mass is 9.85. The van der Waals surface area contributed by atoms with Gasteiger partial charge in [-0.1, -0.05) is 12.8 Å². The molecule has 0 spiro atoms. The first kappa shape index (κ1) is 12.0. The van der Waals surface area contributed by atoms with E-state index in [0.29, 0.717) is 12.8 Å². The largest absolute Gasteiger partial charge is 0.481 e. The molecular weight excluding hydrogens is 226 g/mol. The van der Waals surface area contributed by atoms with Crippen LogP contribution in [0.4, 0.5) is 0 Å². The first-order chi connectivity index (χ1) is 8.05. The molecule has 0 atom stereocenters. The van der Waals surface area contributed by atoms with E-state index >= 15 is 0 Å². The van der Waals surface area contributed by atoms with Crippen molar-refractivity contribution in [1.82, 2.24) is 4.90 Å². The molecule has 2 amide bonds. The minimum atomic E-state index is -0.942. The van der Waals surface area contributed by atoms with Crippen molar-refractivity contribution >= 4 is 17.8 Å². The standard InChI is InChI=1S/C11H15NO5/c13-8-5-17-6-9(14)12(8)7-11(10(15)16)3-1-2-4-11/h1-7H2,(H,15,16). The van der Waals surface area contributed by atoms with Crippen molar-refractivity contribution in [3.8, 4) is 0 Å². The molecule has 17 heavy (non-hydrogen) atoms. The molecule has 1 saturated carbocycles. The number of morpholine rings is 1. The van der Waals surface area contributed by atoms with Gasteiger partial charge in [0.1, 0.15) is 13.2 Å². The Kier molecular flexibility index (Phi) is 3.15. The van der Waals surface area contributed by atoms with Gasteiger partial charge in [-0.15, -0.1) is 0 Å². The summed E-state index contributed by atoms with van der Waals surface area (Å²) in [7, 11) is 0. The molecule has 0 aromatic rings. The van der Waals surface area contributed by atoms with E-state index in [-0.39, 0.29) is 19.8 Å². The van der Waals surface area contributed by atoms with E-state index in [1.54, 1.807) is 0 Å². The Hall–Kier alpha value is -1.43. The van der Waals surface area contributed by atoms with Crippen molar-refractivity contribution in [2.24, 2.45) is 5.41 Å². The summed E-state index contributed by atoms with van der Waals surface area (Å²) in [4.78, 5) is 35.5. The first-order valence-corrected chi connectivity index (χ1v) is 5.69. The maximum absolute atomic E-state index is 11.5. The number of ether oxygens (including phenoxy) is 1. The van der Waals surface area contributed by atoms with E-state index in [1.165, 1.54) is 0 Å². The van der Waals surface area contributed by atoms with Crippen LogP contribution in [-0.4, -0.2) is 47.5 Å². The predicted octanol–water partition coefficient (Wildman–Crippen LogP) is 0.0168. The molecule has 0 aromatic carbocycles. The van der Waals surface area contributed by atoms with Crippen molar-refractivity contribution in [3.05, 3.63) is 0 Å². The van der Waals surface area contributed by atoms with Gasteiger partial charge in [0.25, 0.3) is 11.8 Å². The highest BCUT2D eigenvalue weighted by Crippen LogP contribution is 2.39. The molecule has 1 heterocycles. The quantitative estimate of drug-likeness (QED) is 0.704. The molecule has 1 N–H and O–H groups in total. The predicted molar refractivity (Wildman–Crippen MR) is 56.1 cm³/mol. The van der Waals surface area contributed by atoms with Crippen molar-refractivity contribution in [1.29, 1.82) is 0 Å². The first-order valence-electron chi connectivity index (χ1n) is 5.69. The van der Waals surface area contributed by atoms with Crippen LogP contribution in [0.15, 0.2) is 0 Å². The van der Waals surface area contributed by atoms with Crippen LogP contribution in [0.3, 0.4) is 0 Å². The molecule has 1 aliphatic carbocycles. The van der Waals surface area contributed by atoms with Gasteiger partial charge >= 0.3 is 5.97 Å². The van der Waals surface area contributed by atoms with Crippen molar-refractivity contribution in [2.45, 2.75) is 25.7 Å². The Balaban J connectivity index is 2.14. The van der Waals surface area contributed by atoms with Gasteiger partial charge < -0.3 is 9.84 Å². The molecule has 2 aliphatic rings. The third kappa shape index (κ3) is 2.17. The van der Waals surface area contributed by atoms with Crippen molar-refractivity contribution < 1.29 is 24.2 Å². The molecule has 0 radical (unpaired) electrons. The number of aliphatic carboxylic acids is 1. The van der Waals surface area contributed by atoms with E-state index < -0.39 is 23.2 Å². The van der Waals surface area contributed by atoms with Crippen LogP contribution in [0.1, 0.15) is 25.7 Å². The van der Waals surface area contributed by atoms with Crippen molar-refractivity contribution in [2.75, 3.05) is 19.8 Å². The Bertz CT molecular complexity index is 343. The average Bonchev–Trinajstić information content (AvgIpc) is 2.73. The van der Waals surface area contributed by atoms with Crippen LogP contribution in [0.25, 0.3) is 0 Å². The Labute approximate surface area is 98.5 Å². The van der Waals surface area contributed by atoms with Crippen LogP contribution >= 0.6 is 0 Å². The van der Waals surface area contributed by atoms with Crippen LogP contribution in [-0.2, 0) is 19.1 Å². The highest BCUT2D eigenvalue weighted by atomic mass is 16.5. The summed E-state index contributed by atoms with van der Waals surface area (Å²) in [5, 5.41) is 9.29. The number of carbonyl (C=O) groups excluding carboxylic acids is 2.